The largest absolute Gasteiger partial charge is 0.342 e. The van der Waals surface area contributed by atoms with Crippen LogP contribution in [0.2, 0.25) is 0 Å². The van der Waals surface area contributed by atoms with Crippen LogP contribution in [0.3, 0.4) is 0 Å². The minimum atomic E-state index is 0.255. The van der Waals surface area contributed by atoms with Crippen molar-refractivity contribution in [2.45, 2.75) is 38.8 Å². The quantitative estimate of drug-likeness (QED) is 0.767. The summed E-state index contributed by atoms with van der Waals surface area (Å²) in [5.41, 5.74) is 8.33. The van der Waals surface area contributed by atoms with E-state index in [-0.39, 0.29) is 12.1 Å². The standard InChI is InChI=1S/C16H19Br2N5/c1-9(2)23-13-7-12(17)14(18)11(8-19)15(13)21-16(23)22-5-3-10(20)4-6-22/h7,9-10H,3-6,20H2,1-2H3. The third-order valence-electron chi connectivity index (χ3n) is 4.31. The van der Waals surface area contributed by atoms with Gasteiger partial charge in [0.1, 0.15) is 11.6 Å². The highest BCUT2D eigenvalue weighted by atomic mass is 79.9. The number of aromatic nitrogens is 2. The molecule has 0 radical (unpaired) electrons. The maximum absolute atomic E-state index is 9.54. The molecule has 0 aliphatic carbocycles. The van der Waals surface area contributed by atoms with Gasteiger partial charge in [0.05, 0.1) is 15.6 Å². The van der Waals surface area contributed by atoms with Gasteiger partial charge in [0.25, 0.3) is 0 Å². The topological polar surface area (TPSA) is 70.9 Å². The van der Waals surface area contributed by atoms with Gasteiger partial charge in [0, 0.05) is 29.6 Å². The number of fused-ring (bicyclic) bond motifs is 1. The van der Waals surface area contributed by atoms with Crippen LogP contribution < -0.4 is 10.6 Å². The van der Waals surface area contributed by atoms with E-state index in [9.17, 15) is 5.26 Å². The van der Waals surface area contributed by atoms with E-state index in [4.69, 9.17) is 10.7 Å². The molecule has 0 amide bonds. The highest BCUT2D eigenvalue weighted by molar-refractivity contribution is 9.13. The van der Waals surface area contributed by atoms with Gasteiger partial charge in [-0.3, -0.25) is 0 Å². The summed E-state index contributed by atoms with van der Waals surface area (Å²) in [6.07, 6.45) is 1.94. The van der Waals surface area contributed by atoms with Gasteiger partial charge in [-0.1, -0.05) is 0 Å². The van der Waals surface area contributed by atoms with Gasteiger partial charge in [-0.05, 0) is 64.6 Å². The maximum atomic E-state index is 9.54. The number of benzene rings is 1. The van der Waals surface area contributed by atoms with Gasteiger partial charge in [-0.25, -0.2) is 4.98 Å². The lowest BCUT2D eigenvalue weighted by molar-refractivity contribution is 0.484. The number of nitrogens with two attached hydrogens (primary N) is 1. The number of hydrogen-bond donors (Lipinski definition) is 1. The van der Waals surface area contributed by atoms with E-state index in [1.165, 1.54) is 0 Å². The average Bonchev–Trinajstić information content (AvgIpc) is 2.88. The molecule has 1 aliphatic rings. The Hall–Kier alpha value is -1.10. The average molecular weight is 441 g/mol. The Morgan fingerprint density at radius 1 is 1.35 bits per heavy atom. The van der Waals surface area contributed by atoms with E-state index in [0.29, 0.717) is 5.56 Å². The van der Waals surface area contributed by atoms with E-state index in [1.807, 2.05) is 6.07 Å². The predicted molar refractivity (Wildman–Crippen MR) is 99.7 cm³/mol. The summed E-state index contributed by atoms with van der Waals surface area (Å²) < 4.78 is 3.84. The number of rotatable bonds is 2. The van der Waals surface area contributed by atoms with Crippen LogP contribution in [-0.4, -0.2) is 28.7 Å². The second-order valence-corrected chi connectivity index (χ2v) is 7.87. The molecule has 1 aliphatic heterocycles. The Kier molecular flexibility index (Phi) is 4.68. The van der Waals surface area contributed by atoms with E-state index >= 15 is 0 Å². The van der Waals surface area contributed by atoms with Crippen LogP contribution in [0.5, 0.6) is 0 Å². The molecule has 122 valence electrons. The van der Waals surface area contributed by atoms with Gasteiger partial charge < -0.3 is 15.2 Å². The van der Waals surface area contributed by atoms with Crippen LogP contribution >= 0.6 is 31.9 Å². The van der Waals surface area contributed by atoms with Gasteiger partial charge >= 0.3 is 0 Å². The number of hydrogen-bond acceptors (Lipinski definition) is 4. The summed E-state index contributed by atoms with van der Waals surface area (Å²) in [6, 6.07) is 4.85. The number of anilines is 1. The van der Waals surface area contributed by atoms with Crippen molar-refractivity contribution in [2.75, 3.05) is 18.0 Å². The first-order chi connectivity index (χ1) is 10.9. The molecule has 1 aromatic carbocycles. The summed E-state index contributed by atoms with van der Waals surface area (Å²) in [5.74, 6) is 0.934. The highest BCUT2D eigenvalue weighted by Crippen LogP contribution is 2.37. The number of imidazole rings is 1. The first-order valence-electron chi connectivity index (χ1n) is 7.74. The van der Waals surface area contributed by atoms with Crippen molar-refractivity contribution in [2.24, 2.45) is 5.73 Å². The molecular formula is C16H19Br2N5. The summed E-state index contributed by atoms with van der Waals surface area (Å²) in [7, 11) is 0. The molecule has 7 heteroatoms. The number of nitrogens with zero attached hydrogens (tertiary/aromatic N) is 4. The molecule has 1 saturated heterocycles. The van der Waals surface area contributed by atoms with Crippen LogP contribution in [0, 0.1) is 11.3 Å². The van der Waals surface area contributed by atoms with E-state index in [2.05, 4.69) is 61.2 Å². The van der Waals surface area contributed by atoms with Crippen molar-refractivity contribution >= 4 is 48.8 Å². The molecule has 5 nitrogen and oxygen atoms in total. The monoisotopic (exact) mass is 439 g/mol. The van der Waals surface area contributed by atoms with E-state index in [1.54, 1.807) is 0 Å². The van der Waals surface area contributed by atoms with Crippen LogP contribution in [0.15, 0.2) is 15.0 Å². The lowest BCUT2D eigenvalue weighted by Crippen LogP contribution is -2.41. The molecule has 1 fully saturated rings. The van der Waals surface area contributed by atoms with Crippen molar-refractivity contribution in [1.29, 1.82) is 5.26 Å². The highest BCUT2D eigenvalue weighted by Gasteiger charge is 2.25. The predicted octanol–water partition coefficient (Wildman–Crippen LogP) is 3.94. The molecule has 0 atom stereocenters. The summed E-state index contributed by atoms with van der Waals surface area (Å²) in [4.78, 5) is 7.11. The Bertz CT molecular complexity index is 782. The number of halogens is 2. The van der Waals surface area contributed by atoms with E-state index in [0.717, 1.165) is 51.9 Å². The van der Waals surface area contributed by atoms with Crippen LogP contribution in [0.1, 0.15) is 38.3 Å². The Balaban J connectivity index is 2.22. The third kappa shape index (κ3) is 2.88. The Morgan fingerprint density at radius 2 is 2.00 bits per heavy atom. The number of piperidine rings is 1. The van der Waals surface area contributed by atoms with Crippen LogP contribution in [-0.2, 0) is 0 Å². The third-order valence-corrected chi connectivity index (χ3v) is 6.29. The summed E-state index contributed by atoms with van der Waals surface area (Å²) >= 11 is 7.02. The molecule has 0 saturated carbocycles. The first-order valence-corrected chi connectivity index (χ1v) is 9.33. The minimum Gasteiger partial charge on any atom is -0.342 e. The normalized spacial score (nSPS) is 16.3. The summed E-state index contributed by atoms with van der Waals surface area (Å²) in [5, 5.41) is 9.54. The molecule has 2 N–H and O–H groups in total. The zero-order valence-electron chi connectivity index (χ0n) is 13.2. The number of nitriles is 1. The molecule has 3 rings (SSSR count). The van der Waals surface area contributed by atoms with Crippen molar-refractivity contribution in [1.82, 2.24) is 9.55 Å². The van der Waals surface area contributed by atoms with Gasteiger partial charge in [-0.15, -0.1) is 0 Å². The fourth-order valence-corrected chi connectivity index (χ4v) is 3.90. The van der Waals surface area contributed by atoms with Gasteiger partial charge in [-0.2, -0.15) is 5.26 Å². The van der Waals surface area contributed by atoms with Gasteiger partial charge in [0.15, 0.2) is 0 Å². The molecule has 2 aromatic rings. The van der Waals surface area contributed by atoms with Crippen LogP contribution in [0.4, 0.5) is 5.95 Å². The zero-order valence-corrected chi connectivity index (χ0v) is 16.4. The molecular weight excluding hydrogens is 422 g/mol. The lowest BCUT2D eigenvalue weighted by Gasteiger charge is -2.32. The second-order valence-electron chi connectivity index (χ2n) is 6.23. The zero-order chi connectivity index (χ0) is 16.7. The lowest BCUT2D eigenvalue weighted by atomic mass is 10.1. The Labute approximate surface area is 152 Å². The minimum absolute atomic E-state index is 0.255. The summed E-state index contributed by atoms with van der Waals surface area (Å²) in [6.45, 7) is 6.09. The maximum Gasteiger partial charge on any atom is 0.206 e. The SMILES string of the molecule is CC(C)n1c(N2CCC(N)CC2)nc2c(C#N)c(Br)c(Br)cc21. The Morgan fingerprint density at radius 3 is 2.57 bits per heavy atom. The molecule has 1 aromatic heterocycles. The first kappa shape index (κ1) is 16.7. The smallest absolute Gasteiger partial charge is 0.206 e. The molecule has 0 unspecified atom stereocenters. The van der Waals surface area contributed by atoms with Gasteiger partial charge in [0.2, 0.25) is 5.95 Å². The molecule has 2 heterocycles. The fraction of sp³-hybridized carbons (Fsp3) is 0.500. The van der Waals surface area contributed by atoms with Crippen LogP contribution in [0.25, 0.3) is 11.0 Å². The van der Waals surface area contributed by atoms with Crippen molar-refractivity contribution in [3.8, 4) is 6.07 Å². The van der Waals surface area contributed by atoms with Crippen molar-refractivity contribution in [3.05, 3.63) is 20.6 Å². The molecule has 0 bridgehead atoms. The second kappa shape index (κ2) is 6.42. The van der Waals surface area contributed by atoms with Crippen molar-refractivity contribution in [3.63, 3.8) is 0 Å². The molecule has 0 spiro atoms. The van der Waals surface area contributed by atoms with E-state index < -0.39 is 0 Å². The van der Waals surface area contributed by atoms with Crippen molar-refractivity contribution < 1.29 is 0 Å². The molecule has 23 heavy (non-hydrogen) atoms. The fourth-order valence-electron chi connectivity index (χ4n) is 3.10.